The lowest BCUT2D eigenvalue weighted by Gasteiger charge is -1.98. The molecule has 0 aromatic carbocycles. The number of nitrogens with one attached hydrogen (secondary N) is 1. The van der Waals surface area contributed by atoms with E-state index in [0.29, 0.717) is 11.4 Å². The molecule has 12 heavy (non-hydrogen) atoms. The predicted molar refractivity (Wildman–Crippen MR) is 50.0 cm³/mol. The van der Waals surface area contributed by atoms with E-state index in [9.17, 15) is 4.79 Å². The van der Waals surface area contributed by atoms with Crippen molar-refractivity contribution < 1.29 is 0 Å². The highest BCUT2D eigenvalue weighted by Gasteiger charge is 2.02. The van der Waals surface area contributed by atoms with Crippen LogP contribution in [0.15, 0.2) is 18.0 Å². The Morgan fingerprint density at radius 2 is 2.08 bits per heavy atom. The van der Waals surface area contributed by atoms with Crippen molar-refractivity contribution in [3.8, 4) is 0 Å². The average Bonchev–Trinajstić information content (AvgIpc) is 2.09. The van der Waals surface area contributed by atoms with Crippen LogP contribution in [0.3, 0.4) is 0 Å². The van der Waals surface area contributed by atoms with Crippen molar-refractivity contribution >= 4 is 23.8 Å². The van der Waals surface area contributed by atoms with Gasteiger partial charge in [-0.25, -0.2) is 4.98 Å². The van der Waals surface area contributed by atoms with Crippen molar-refractivity contribution in [2.75, 3.05) is 0 Å². The Kier molecular flexibility index (Phi) is 2.45. The van der Waals surface area contributed by atoms with Gasteiger partial charge in [-0.3, -0.25) is 4.79 Å². The van der Waals surface area contributed by atoms with E-state index >= 15 is 0 Å². The molecule has 1 aromatic heterocycles. The number of hydrogen-bond donors (Lipinski definition) is 1. The quantitative estimate of drug-likeness (QED) is 0.757. The minimum Gasteiger partial charge on any atom is -0.318 e. The van der Waals surface area contributed by atoms with Crippen molar-refractivity contribution in [3.63, 3.8) is 0 Å². The highest BCUT2D eigenvalue weighted by Crippen LogP contribution is 2.06. The normalized spacial score (nSPS) is 9.42. The summed E-state index contributed by atoms with van der Waals surface area (Å²) in [6, 6.07) is 0. The van der Waals surface area contributed by atoms with E-state index in [4.69, 9.17) is 11.6 Å². The van der Waals surface area contributed by atoms with Crippen molar-refractivity contribution in [2.45, 2.75) is 0 Å². The van der Waals surface area contributed by atoms with Gasteiger partial charge in [0.1, 0.15) is 0 Å². The summed E-state index contributed by atoms with van der Waals surface area (Å²) in [7, 11) is 0. The van der Waals surface area contributed by atoms with Gasteiger partial charge in [0.15, 0.2) is 5.15 Å². The molecule has 3 nitrogen and oxygen atoms in total. The maximum Gasteiger partial charge on any atom is 0.286 e. The molecular formula is C8H7ClN2O. The zero-order valence-corrected chi connectivity index (χ0v) is 7.06. The highest BCUT2D eigenvalue weighted by atomic mass is 35.5. The summed E-state index contributed by atoms with van der Waals surface area (Å²) in [5.41, 5.74) is 0.631. The van der Waals surface area contributed by atoms with Gasteiger partial charge in [0, 0.05) is 0 Å². The van der Waals surface area contributed by atoms with Gasteiger partial charge < -0.3 is 4.98 Å². The first-order chi connectivity index (χ1) is 5.69. The van der Waals surface area contributed by atoms with Crippen LogP contribution >= 0.6 is 11.6 Å². The third-order valence-electron chi connectivity index (χ3n) is 1.33. The molecule has 1 rings (SSSR count). The molecule has 0 radical (unpaired) electrons. The number of hydrogen-bond acceptors (Lipinski definition) is 2. The lowest BCUT2D eigenvalue weighted by Crippen LogP contribution is -2.11. The Hall–Kier alpha value is -1.35. The lowest BCUT2D eigenvalue weighted by atomic mass is 10.3. The molecule has 0 atom stereocenters. The van der Waals surface area contributed by atoms with Crippen LogP contribution in [0, 0.1) is 0 Å². The monoisotopic (exact) mass is 182 g/mol. The molecule has 1 aromatic rings. The smallest absolute Gasteiger partial charge is 0.286 e. The fraction of sp³-hybridized carbons (Fsp3) is 0. The SMILES string of the molecule is C=Cc1nc(Cl)c(=O)[nH]c1C=C. The molecule has 0 aliphatic heterocycles. The molecule has 1 heterocycles. The average molecular weight is 183 g/mol. The summed E-state index contributed by atoms with van der Waals surface area (Å²) in [6.45, 7) is 7.03. The van der Waals surface area contributed by atoms with Crippen molar-refractivity contribution in [1.82, 2.24) is 9.97 Å². The fourth-order valence-corrected chi connectivity index (χ4v) is 0.904. The topological polar surface area (TPSA) is 45.8 Å². The summed E-state index contributed by atoms with van der Waals surface area (Å²) in [5, 5.41) is -0.0875. The molecule has 0 bridgehead atoms. The maximum absolute atomic E-state index is 10.9. The molecule has 1 N–H and O–H groups in total. The number of aromatic amines is 1. The first kappa shape index (κ1) is 8.74. The summed E-state index contributed by atoms with van der Waals surface area (Å²) >= 11 is 5.48. The predicted octanol–water partition coefficient (Wildman–Crippen LogP) is 1.71. The summed E-state index contributed by atoms with van der Waals surface area (Å²) in [6.07, 6.45) is 2.99. The molecule has 62 valence electrons. The van der Waals surface area contributed by atoms with Crippen LogP contribution in [0.25, 0.3) is 12.2 Å². The van der Waals surface area contributed by atoms with E-state index in [2.05, 4.69) is 23.1 Å². The number of aromatic nitrogens is 2. The van der Waals surface area contributed by atoms with Gasteiger partial charge in [0.05, 0.1) is 11.4 Å². The first-order valence-electron chi connectivity index (χ1n) is 3.23. The molecule has 4 heteroatoms. The fourth-order valence-electron chi connectivity index (χ4n) is 0.766. The van der Waals surface area contributed by atoms with Crippen LogP contribution in [0.4, 0.5) is 0 Å². The largest absolute Gasteiger partial charge is 0.318 e. The molecule has 0 saturated carbocycles. The number of rotatable bonds is 2. The molecule has 0 amide bonds. The van der Waals surface area contributed by atoms with E-state index in [1.54, 1.807) is 0 Å². The lowest BCUT2D eigenvalue weighted by molar-refractivity contribution is 1.10. The second-order valence-corrected chi connectivity index (χ2v) is 2.42. The van der Waals surface area contributed by atoms with E-state index < -0.39 is 5.56 Å². The van der Waals surface area contributed by atoms with E-state index in [1.165, 1.54) is 12.2 Å². The zero-order chi connectivity index (χ0) is 9.14. The number of nitrogens with zero attached hydrogens (tertiary/aromatic N) is 1. The van der Waals surface area contributed by atoms with Crippen LogP contribution in [0.1, 0.15) is 11.4 Å². The van der Waals surface area contributed by atoms with Crippen LogP contribution in [-0.4, -0.2) is 9.97 Å². The number of halogens is 1. The van der Waals surface area contributed by atoms with Crippen LogP contribution in [0.5, 0.6) is 0 Å². The highest BCUT2D eigenvalue weighted by molar-refractivity contribution is 6.29. The Morgan fingerprint density at radius 3 is 2.58 bits per heavy atom. The third kappa shape index (κ3) is 1.46. The van der Waals surface area contributed by atoms with Crippen molar-refractivity contribution in [1.29, 1.82) is 0 Å². The minimum absolute atomic E-state index is 0.0875. The standard InChI is InChI=1S/C8H7ClN2O/c1-3-5-6(4-2)11-8(12)7(9)10-5/h3-4H,1-2H2,(H,11,12). The van der Waals surface area contributed by atoms with E-state index in [1.807, 2.05) is 0 Å². The van der Waals surface area contributed by atoms with Crippen molar-refractivity contribution in [3.05, 3.63) is 40.1 Å². The van der Waals surface area contributed by atoms with E-state index in [-0.39, 0.29) is 5.15 Å². The van der Waals surface area contributed by atoms with E-state index in [0.717, 1.165) is 0 Å². The van der Waals surface area contributed by atoms with Gasteiger partial charge >= 0.3 is 0 Å². The van der Waals surface area contributed by atoms with Crippen LogP contribution in [-0.2, 0) is 0 Å². The molecule has 0 fully saturated rings. The maximum atomic E-state index is 10.9. The first-order valence-corrected chi connectivity index (χ1v) is 3.61. The Morgan fingerprint density at radius 1 is 1.42 bits per heavy atom. The summed E-state index contributed by atoms with van der Waals surface area (Å²) in [5.74, 6) is 0. The van der Waals surface area contributed by atoms with Gasteiger partial charge in [-0.1, -0.05) is 24.8 Å². The van der Waals surface area contributed by atoms with Gasteiger partial charge in [-0.05, 0) is 12.2 Å². The van der Waals surface area contributed by atoms with Crippen molar-refractivity contribution in [2.24, 2.45) is 0 Å². The third-order valence-corrected chi connectivity index (χ3v) is 1.58. The summed E-state index contributed by atoms with van der Waals surface area (Å²) in [4.78, 5) is 17.2. The molecule has 0 unspecified atom stereocenters. The molecule has 0 aliphatic carbocycles. The Labute approximate surface area is 74.4 Å². The zero-order valence-electron chi connectivity index (χ0n) is 6.30. The minimum atomic E-state index is -0.419. The van der Waals surface area contributed by atoms with Gasteiger partial charge in [0.2, 0.25) is 0 Å². The van der Waals surface area contributed by atoms with Crippen LogP contribution < -0.4 is 5.56 Å². The van der Waals surface area contributed by atoms with Gasteiger partial charge in [-0.2, -0.15) is 0 Å². The van der Waals surface area contributed by atoms with Crippen LogP contribution in [0.2, 0.25) is 5.15 Å². The summed E-state index contributed by atoms with van der Waals surface area (Å²) < 4.78 is 0. The second-order valence-electron chi connectivity index (χ2n) is 2.06. The van der Waals surface area contributed by atoms with Gasteiger partial charge in [0.25, 0.3) is 5.56 Å². The second kappa shape index (κ2) is 3.36. The molecule has 0 saturated heterocycles. The number of H-pyrrole nitrogens is 1. The molecular weight excluding hydrogens is 176 g/mol. The Balaban J connectivity index is 3.48. The Bertz CT molecular complexity index is 381. The molecule has 0 aliphatic rings. The van der Waals surface area contributed by atoms with Gasteiger partial charge in [-0.15, -0.1) is 0 Å². The molecule has 0 spiro atoms.